The van der Waals surface area contributed by atoms with Gasteiger partial charge >= 0.3 is 0 Å². The third-order valence-electron chi connectivity index (χ3n) is 5.72. The first-order valence-electron chi connectivity index (χ1n) is 11.6. The minimum Gasteiger partial charge on any atom is -0.355 e. The molecule has 3 aromatic carbocycles. The summed E-state index contributed by atoms with van der Waals surface area (Å²) in [6, 6.07) is 20.9. The number of aryl methyl sites for hydroxylation is 1. The molecule has 36 heavy (non-hydrogen) atoms. The number of nitrogens with one attached hydrogen (secondary N) is 1. The number of carbonyl (C=O) groups is 2. The lowest BCUT2D eigenvalue weighted by molar-refractivity contribution is -0.139. The topological polar surface area (TPSA) is 86.8 Å². The maximum atomic E-state index is 13.7. The highest BCUT2D eigenvalue weighted by atomic mass is 35.5. The molecule has 0 aromatic heterocycles. The predicted octanol–water partition coefficient (Wildman–Crippen LogP) is 4.40. The first-order chi connectivity index (χ1) is 17.1. The fourth-order valence-corrected chi connectivity index (χ4v) is 5.21. The third-order valence-corrected chi connectivity index (χ3v) is 7.76. The van der Waals surface area contributed by atoms with E-state index in [9.17, 15) is 18.0 Å². The number of rotatable bonds is 10. The lowest BCUT2D eigenvalue weighted by Crippen LogP contribution is -2.51. The van der Waals surface area contributed by atoms with Gasteiger partial charge in [-0.1, -0.05) is 59.6 Å². The summed E-state index contributed by atoms with van der Waals surface area (Å²) in [5, 5.41) is 3.18. The van der Waals surface area contributed by atoms with E-state index in [4.69, 9.17) is 11.6 Å². The highest BCUT2D eigenvalue weighted by Crippen LogP contribution is 2.26. The Hall–Kier alpha value is -3.36. The molecule has 0 fully saturated rings. The summed E-state index contributed by atoms with van der Waals surface area (Å²) < 4.78 is 28.3. The lowest BCUT2D eigenvalue weighted by atomic mass is 10.1. The third kappa shape index (κ3) is 6.65. The van der Waals surface area contributed by atoms with Crippen LogP contribution in [0.4, 0.5) is 5.69 Å². The Balaban J connectivity index is 2.00. The molecular weight excluding hydrogens is 498 g/mol. The van der Waals surface area contributed by atoms with Crippen molar-refractivity contribution in [2.45, 2.75) is 38.3 Å². The van der Waals surface area contributed by atoms with Crippen LogP contribution in [0, 0.1) is 6.92 Å². The number of anilines is 1. The fraction of sp³-hybridized carbons (Fsp3) is 0.259. The van der Waals surface area contributed by atoms with Gasteiger partial charge in [-0.15, -0.1) is 0 Å². The van der Waals surface area contributed by atoms with Crippen molar-refractivity contribution in [3.8, 4) is 0 Å². The molecule has 0 spiro atoms. The van der Waals surface area contributed by atoms with Crippen molar-refractivity contribution in [1.29, 1.82) is 0 Å². The Morgan fingerprint density at radius 1 is 0.944 bits per heavy atom. The molecule has 3 rings (SSSR count). The van der Waals surface area contributed by atoms with Crippen LogP contribution in [0.15, 0.2) is 83.8 Å². The normalized spacial score (nSPS) is 12.0. The van der Waals surface area contributed by atoms with E-state index in [1.54, 1.807) is 56.3 Å². The molecule has 0 aliphatic carbocycles. The number of halogens is 1. The van der Waals surface area contributed by atoms with Crippen LogP contribution < -0.4 is 9.62 Å². The van der Waals surface area contributed by atoms with Crippen molar-refractivity contribution in [2.24, 2.45) is 0 Å². The number of nitrogens with zero attached hydrogens (tertiary/aromatic N) is 2. The van der Waals surface area contributed by atoms with E-state index in [1.807, 2.05) is 31.2 Å². The van der Waals surface area contributed by atoms with Gasteiger partial charge in [-0.2, -0.15) is 0 Å². The molecule has 1 N–H and O–H groups in total. The molecule has 0 saturated heterocycles. The Morgan fingerprint density at radius 2 is 1.56 bits per heavy atom. The van der Waals surface area contributed by atoms with Crippen LogP contribution in [0.2, 0.25) is 5.02 Å². The molecule has 190 valence electrons. The lowest BCUT2D eigenvalue weighted by Gasteiger charge is -2.32. The Bertz CT molecular complexity index is 1280. The molecule has 0 aliphatic rings. The summed E-state index contributed by atoms with van der Waals surface area (Å²) >= 11 is 6.02. The van der Waals surface area contributed by atoms with Crippen LogP contribution in [0.1, 0.15) is 25.0 Å². The second-order valence-corrected chi connectivity index (χ2v) is 10.7. The van der Waals surface area contributed by atoms with E-state index in [0.29, 0.717) is 11.6 Å². The van der Waals surface area contributed by atoms with Crippen molar-refractivity contribution in [2.75, 3.05) is 17.4 Å². The van der Waals surface area contributed by atoms with E-state index in [-0.39, 0.29) is 23.0 Å². The SMILES string of the molecule is CCNC(=O)[C@H](C)N(Cc1ccc(C)cc1)C(=O)CN(c1ccc(Cl)cc1)S(=O)(=O)c1ccccc1. The zero-order valence-corrected chi connectivity index (χ0v) is 22.1. The molecule has 0 bridgehead atoms. The standard InChI is InChI=1S/C27H30ClN3O4S/c1-4-29-27(33)21(3)30(18-22-12-10-20(2)11-13-22)26(32)19-31(24-16-14-23(28)15-17-24)36(34,35)25-8-6-5-7-9-25/h5-17,21H,4,18-19H2,1-3H3,(H,29,33)/t21-/m0/s1. The monoisotopic (exact) mass is 527 g/mol. The van der Waals surface area contributed by atoms with Gasteiger partial charge in [0.15, 0.2) is 0 Å². The van der Waals surface area contributed by atoms with E-state index < -0.39 is 28.5 Å². The van der Waals surface area contributed by atoms with E-state index in [0.717, 1.165) is 15.4 Å². The molecule has 0 heterocycles. The average Bonchev–Trinajstić information content (AvgIpc) is 2.87. The number of likely N-dealkylation sites (N-methyl/N-ethyl adjacent to an activating group) is 1. The summed E-state index contributed by atoms with van der Waals surface area (Å²) in [6.45, 7) is 5.46. The Kier molecular flexibility index (Phi) is 9.12. The molecule has 2 amide bonds. The van der Waals surface area contributed by atoms with Crippen LogP contribution in [-0.2, 0) is 26.2 Å². The van der Waals surface area contributed by atoms with Gasteiger partial charge in [-0.05, 0) is 62.7 Å². The number of hydrogen-bond donors (Lipinski definition) is 1. The second kappa shape index (κ2) is 12.1. The summed E-state index contributed by atoms with van der Waals surface area (Å²) in [6.07, 6.45) is 0. The summed E-state index contributed by atoms with van der Waals surface area (Å²) in [5.41, 5.74) is 2.18. The van der Waals surface area contributed by atoms with Gasteiger partial charge in [0.05, 0.1) is 10.6 Å². The predicted molar refractivity (Wildman–Crippen MR) is 142 cm³/mol. The average molecular weight is 528 g/mol. The first-order valence-corrected chi connectivity index (χ1v) is 13.4. The molecule has 0 radical (unpaired) electrons. The molecule has 7 nitrogen and oxygen atoms in total. The molecule has 9 heteroatoms. The molecule has 1 atom stereocenters. The quantitative estimate of drug-likeness (QED) is 0.423. The van der Waals surface area contributed by atoms with Crippen molar-refractivity contribution >= 4 is 39.1 Å². The van der Waals surface area contributed by atoms with Crippen LogP contribution in [0.25, 0.3) is 0 Å². The smallest absolute Gasteiger partial charge is 0.264 e. The van der Waals surface area contributed by atoms with E-state index in [2.05, 4.69) is 5.32 Å². The van der Waals surface area contributed by atoms with Crippen LogP contribution in [-0.4, -0.2) is 44.3 Å². The highest BCUT2D eigenvalue weighted by molar-refractivity contribution is 7.92. The van der Waals surface area contributed by atoms with Gasteiger partial charge in [0, 0.05) is 18.1 Å². The zero-order chi connectivity index (χ0) is 26.3. The van der Waals surface area contributed by atoms with Crippen LogP contribution in [0.5, 0.6) is 0 Å². The van der Waals surface area contributed by atoms with Crippen molar-refractivity contribution in [3.63, 3.8) is 0 Å². The number of amides is 2. The zero-order valence-electron chi connectivity index (χ0n) is 20.5. The van der Waals surface area contributed by atoms with Crippen molar-refractivity contribution < 1.29 is 18.0 Å². The number of sulfonamides is 1. The van der Waals surface area contributed by atoms with Gasteiger partial charge < -0.3 is 10.2 Å². The van der Waals surface area contributed by atoms with E-state index >= 15 is 0 Å². The summed E-state index contributed by atoms with van der Waals surface area (Å²) in [4.78, 5) is 27.9. The molecular formula is C27H30ClN3O4S. The number of hydrogen-bond acceptors (Lipinski definition) is 4. The van der Waals surface area contributed by atoms with Crippen molar-refractivity contribution in [3.05, 3.63) is 95.0 Å². The molecule has 3 aromatic rings. The highest BCUT2D eigenvalue weighted by Gasteiger charge is 2.32. The first kappa shape index (κ1) is 27.2. The fourth-order valence-electron chi connectivity index (χ4n) is 3.65. The minimum atomic E-state index is -4.09. The van der Waals surface area contributed by atoms with Crippen LogP contribution >= 0.6 is 11.6 Å². The molecule has 0 aliphatic heterocycles. The summed E-state index contributed by atoms with van der Waals surface area (Å²) in [5.74, 6) is -0.828. The molecule has 0 saturated carbocycles. The Morgan fingerprint density at radius 3 is 2.14 bits per heavy atom. The maximum absolute atomic E-state index is 13.7. The van der Waals surface area contributed by atoms with Gasteiger partial charge in [-0.3, -0.25) is 13.9 Å². The van der Waals surface area contributed by atoms with Gasteiger partial charge in [0.25, 0.3) is 10.0 Å². The summed E-state index contributed by atoms with van der Waals surface area (Å²) in [7, 11) is -4.09. The largest absolute Gasteiger partial charge is 0.355 e. The molecule has 0 unspecified atom stereocenters. The van der Waals surface area contributed by atoms with Gasteiger partial charge in [0.2, 0.25) is 11.8 Å². The second-order valence-electron chi connectivity index (χ2n) is 8.38. The van der Waals surface area contributed by atoms with Crippen molar-refractivity contribution in [1.82, 2.24) is 10.2 Å². The number of benzene rings is 3. The van der Waals surface area contributed by atoms with E-state index in [1.165, 1.54) is 17.0 Å². The van der Waals surface area contributed by atoms with Gasteiger partial charge in [-0.25, -0.2) is 8.42 Å². The maximum Gasteiger partial charge on any atom is 0.264 e. The number of carbonyl (C=O) groups excluding carboxylic acids is 2. The van der Waals surface area contributed by atoms with Crippen LogP contribution in [0.3, 0.4) is 0 Å². The van der Waals surface area contributed by atoms with Gasteiger partial charge in [0.1, 0.15) is 12.6 Å². The Labute approximate surface area is 217 Å². The minimum absolute atomic E-state index is 0.0506.